The summed E-state index contributed by atoms with van der Waals surface area (Å²) in [5, 5.41) is 2.69. The van der Waals surface area contributed by atoms with Gasteiger partial charge in [0.15, 0.2) is 6.61 Å². The summed E-state index contributed by atoms with van der Waals surface area (Å²) < 4.78 is 32.7. The number of rotatable bonds is 8. The fourth-order valence-corrected chi connectivity index (χ4v) is 4.19. The normalized spacial score (nSPS) is 11.0. The maximum atomic E-state index is 12.9. The molecule has 30 heavy (non-hydrogen) atoms. The van der Waals surface area contributed by atoms with Gasteiger partial charge in [0.1, 0.15) is 5.75 Å². The molecule has 0 spiro atoms. The van der Waals surface area contributed by atoms with Crippen LogP contribution in [0, 0.1) is 0 Å². The van der Waals surface area contributed by atoms with E-state index in [1.165, 1.54) is 23.5 Å². The monoisotopic (exact) mass is 424 g/mol. The molecule has 0 heterocycles. The molecule has 0 radical (unpaired) electrons. The van der Waals surface area contributed by atoms with Gasteiger partial charge >= 0.3 is 0 Å². The average Bonchev–Trinajstić information content (AvgIpc) is 2.78. The number of nitrogens with zero attached hydrogens (tertiary/aromatic N) is 1. The molecule has 0 atom stereocenters. The van der Waals surface area contributed by atoms with E-state index in [2.05, 4.69) is 5.32 Å². The van der Waals surface area contributed by atoms with Gasteiger partial charge in [-0.1, -0.05) is 49.4 Å². The molecule has 0 aliphatic carbocycles. The van der Waals surface area contributed by atoms with E-state index in [0.717, 1.165) is 12.0 Å². The Hall–Kier alpha value is -3.32. The van der Waals surface area contributed by atoms with Crippen LogP contribution in [0.3, 0.4) is 0 Å². The SMILES string of the molecule is CCc1ccccc1OCC(=O)Nc1cccc(S(=O)(=O)N(C)c2ccccc2)c1. The third-order valence-corrected chi connectivity index (χ3v) is 6.39. The molecule has 0 saturated heterocycles. The van der Waals surface area contributed by atoms with E-state index in [9.17, 15) is 13.2 Å². The maximum Gasteiger partial charge on any atom is 0.264 e. The zero-order valence-corrected chi connectivity index (χ0v) is 17.7. The quantitative estimate of drug-likeness (QED) is 0.591. The van der Waals surface area contributed by atoms with Crippen LogP contribution in [-0.4, -0.2) is 28.0 Å². The first-order valence-corrected chi connectivity index (χ1v) is 11.0. The third-order valence-electron chi connectivity index (χ3n) is 4.61. The molecular formula is C23H24N2O4S. The number of nitrogens with one attached hydrogen (secondary N) is 1. The van der Waals surface area contributed by atoms with E-state index in [1.54, 1.807) is 36.4 Å². The van der Waals surface area contributed by atoms with Crippen LogP contribution >= 0.6 is 0 Å². The van der Waals surface area contributed by atoms with Crippen molar-refractivity contribution in [2.45, 2.75) is 18.2 Å². The molecule has 0 unspecified atom stereocenters. The van der Waals surface area contributed by atoms with Crippen molar-refractivity contribution in [3.8, 4) is 5.75 Å². The molecule has 3 rings (SSSR count). The number of benzene rings is 3. The van der Waals surface area contributed by atoms with Gasteiger partial charge in [0, 0.05) is 12.7 Å². The molecule has 0 aromatic heterocycles. The summed E-state index contributed by atoms with van der Waals surface area (Å²) in [5.41, 5.74) is 1.95. The van der Waals surface area contributed by atoms with E-state index >= 15 is 0 Å². The lowest BCUT2D eigenvalue weighted by Crippen LogP contribution is -2.26. The first-order valence-electron chi connectivity index (χ1n) is 9.56. The molecule has 156 valence electrons. The van der Waals surface area contributed by atoms with Gasteiger partial charge in [0.05, 0.1) is 10.6 Å². The summed E-state index contributed by atoms with van der Waals surface area (Å²) in [5.74, 6) is 0.294. The van der Waals surface area contributed by atoms with Crippen LogP contribution in [-0.2, 0) is 21.2 Å². The largest absolute Gasteiger partial charge is 0.483 e. The minimum atomic E-state index is -3.76. The minimum Gasteiger partial charge on any atom is -0.483 e. The van der Waals surface area contributed by atoms with Crippen molar-refractivity contribution in [2.75, 3.05) is 23.3 Å². The number of carbonyl (C=O) groups is 1. The van der Waals surface area contributed by atoms with Crippen LogP contribution in [0.4, 0.5) is 11.4 Å². The number of hydrogen-bond acceptors (Lipinski definition) is 4. The van der Waals surface area contributed by atoms with E-state index in [4.69, 9.17) is 4.74 Å². The number of hydrogen-bond donors (Lipinski definition) is 1. The highest BCUT2D eigenvalue weighted by Crippen LogP contribution is 2.24. The molecule has 0 aliphatic heterocycles. The van der Waals surface area contributed by atoms with Crippen molar-refractivity contribution in [1.29, 1.82) is 0 Å². The first-order chi connectivity index (χ1) is 14.4. The predicted octanol–water partition coefficient (Wildman–Crippen LogP) is 4.09. The van der Waals surface area contributed by atoms with Gasteiger partial charge in [0.2, 0.25) is 0 Å². The Bertz CT molecular complexity index is 1110. The van der Waals surface area contributed by atoms with Gasteiger partial charge < -0.3 is 10.1 Å². The maximum absolute atomic E-state index is 12.9. The zero-order chi connectivity index (χ0) is 21.6. The fourth-order valence-electron chi connectivity index (χ4n) is 2.95. The van der Waals surface area contributed by atoms with Crippen LogP contribution in [0.1, 0.15) is 12.5 Å². The number of carbonyl (C=O) groups excluding carboxylic acids is 1. The van der Waals surface area contributed by atoms with Crippen molar-refractivity contribution in [3.63, 3.8) is 0 Å². The third kappa shape index (κ3) is 4.99. The summed E-state index contributed by atoms with van der Waals surface area (Å²) in [6, 6.07) is 22.5. The Morgan fingerprint density at radius 3 is 2.40 bits per heavy atom. The topological polar surface area (TPSA) is 75.7 Å². The summed E-state index contributed by atoms with van der Waals surface area (Å²) in [6.45, 7) is 1.85. The molecule has 1 amide bonds. The van der Waals surface area contributed by atoms with E-state index in [1.807, 2.05) is 37.3 Å². The van der Waals surface area contributed by atoms with Gasteiger partial charge in [0.25, 0.3) is 15.9 Å². The average molecular weight is 425 g/mol. The van der Waals surface area contributed by atoms with Crippen LogP contribution in [0.5, 0.6) is 5.75 Å². The highest BCUT2D eigenvalue weighted by atomic mass is 32.2. The molecule has 3 aromatic rings. The second-order valence-electron chi connectivity index (χ2n) is 6.63. The lowest BCUT2D eigenvalue weighted by molar-refractivity contribution is -0.118. The second kappa shape index (κ2) is 9.45. The van der Waals surface area contributed by atoms with E-state index in [0.29, 0.717) is 17.1 Å². The zero-order valence-electron chi connectivity index (χ0n) is 16.9. The molecule has 1 N–H and O–H groups in total. The second-order valence-corrected chi connectivity index (χ2v) is 8.60. The molecule has 7 heteroatoms. The number of sulfonamides is 1. The van der Waals surface area contributed by atoms with Crippen molar-refractivity contribution in [2.24, 2.45) is 0 Å². The lowest BCUT2D eigenvalue weighted by Gasteiger charge is -2.20. The van der Waals surface area contributed by atoms with Crippen LogP contribution in [0.15, 0.2) is 83.8 Å². The molecule has 0 aliphatic rings. The summed E-state index contributed by atoms with van der Waals surface area (Å²) in [4.78, 5) is 12.4. The Balaban J connectivity index is 1.70. The number of para-hydroxylation sites is 2. The van der Waals surface area contributed by atoms with Crippen molar-refractivity contribution >= 4 is 27.3 Å². The summed E-state index contributed by atoms with van der Waals surface area (Å²) >= 11 is 0. The molecule has 0 bridgehead atoms. The molecule has 0 fully saturated rings. The van der Waals surface area contributed by atoms with Crippen molar-refractivity contribution in [3.05, 3.63) is 84.4 Å². The van der Waals surface area contributed by atoms with Gasteiger partial charge in [-0.15, -0.1) is 0 Å². The Kier molecular flexibility index (Phi) is 6.74. The smallest absolute Gasteiger partial charge is 0.264 e. The Morgan fingerprint density at radius 2 is 1.67 bits per heavy atom. The lowest BCUT2D eigenvalue weighted by atomic mass is 10.1. The molecule has 6 nitrogen and oxygen atoms in total. The number of ether oxygens (including phenoxy) is 1. The van der Waals surface area contributed by atoms with Gasteiger partial charge in [-0.05, 0) is 48.4 Å². The highest BCUT2D eigenvalue weighted by Gasteiger charge is 2.21. The predicted molar refractivity (Wildman–Crippen MR) is 118 cm³/mol. The van der Waals surface area contributed by atoms with Gasteiger partial charge in [-0.2, -0.15) is 0 Å². The Labute approximate surface area is 177 Å². The molecule has 0 saturated carbocycles. The number of aryl methyl sites for hydroxylation is 1. The summed E-state index contributed by atoms with van der Waals surface area (Å²) in [7, 11) is -2.27. The van der Waals surface area contributed by atoms with Gasteiger partial charge in [-0.25, -0.2) is 8.42 Å². The van der Waals surface area contributed by atoms with Crippen molar-refractivity contribution < 1.29 is 17.9 Å². The van der Waals surface area contributed by atoms with Crippen LogP contribution in [0.2, 0.25) is 0 Å². The Morgan fingerprint density at radius 1 is 0.967 bits per heavy atom. The van der Waals surface area contributed by atoms with Crippen LogP contribution in [0.25, 0.3) is 0 Å². The minimum absolute atomic E-state index is 0.0869. The van der Waals surface area contributed by atoms with Crippen molar-refractivity contribution in [1.82, 2.24) is 0 Å². The number of anilines is 2. The van der Waals surface area contributed by atoms with E-state index in [-0.39, 0.29) is 17.4 Å². The number of amides is 1. The standard InChI is InChI=1S/C23H24N2O4S/c1-3-18-10-7-8-15-22(18)29-17-23(26)24-19-11-9-14-21(16-19)30(27,28)25(2)20-12-5-4-6-13-20/h4-16H,3,17H2,1-2H3,(H,24,26). The van der Waals surface area contributed by atoms with Gasteiger partial charge in [-0.3, -0.25) is 9.10 Å². The highest BCUT2D eigenvalue weighted by molar-refractivity contribution is 7.92. The van der Waals surface area contributed by atoms with Crippen LogP contribution < -0.4 is 14.4 Å². The molecular weight excluding hydrogens is 400 g/mol. The van der Waals surface area contributed by atoms with E-state index < -0.39 is 10.0 Å². The fraction of sp³-hybridized carbons (Fsp3) is 0.174. The summed E-state index contributed by atoms with van der Waals surface area (Å²) in [6.07, 6.45) is 0.798. The first kappa shape index (κ1) is 21.4. The molecule has 3 aromatic carbocycles.